The molecule has 0 spiro atoms. The molecule has 3 aromatic rings. The fourth-order valence-corrected chi connectivity index (χ4v) is 3.57. The summed E-state index contributed by atoms with van der Waals surface area (Å²) in [6.45, 7) is -1.09. The van der Waals surface area contributed by atoms with Gasteiger partial charge in [0.1, 0.15) is 5.75 Å². The van der Waals surface area contributed by atoms with Gasteiger partial charge in [0.25, 0.3) is 0 Å². The SMILES string of the molecule is O=C(Nc1ccc(Cl)cc1)N1CC(c2ccc(OCC(F)(F)F)cc2)C(c2ccccc2)=N1. The van der Waals surface area contributed by atoms with Crippen LogP contribution in [0.1, 0.15) is 17.0 Å². The van der Waals surface area contributed by atoms with Crippen molar-refractivity contribution in [3.63, 3.8) is 0 Å². The largest absolute Gasteiger partial charge is 0.484 e. The maximum absolute atomic E-state index is 12.8. The number of hydrogen-bond acceptors (Lipinski definition) is 3. The number of rotatable bonds is 5. The molecule has 1 atom stereocenters. The number of benzene rings is 3. The molecule has 1 N–H and O–H groups in total. The first-order valence-corrected chi connectivity index (χ1v) is 10.4. The summed E-state index contributed by atoms with van der Waals surface area (Å²) < 4.78 is 42.0. The van der Waals surface area contributed by atoms with Crippen molar-refractivity contribution in [2.45, 2.75) is 12.1 Å². The molecular weight excluding hydrogens is 455 g/mol. The summed E-state index contributed by atoms with van der Waals surface area (Å²) in [5.41, 5.74) is 2.92. The number of carbonyl (C=O) groups excluding carboxylic acids is 1. The number of carbonyl (C=O) groups is 1. The van der Waals surface area contributed by atoms with E-state index in [9.17, 15) is 18.0 Å². The van der Waals surface area contributed by atoms with Gasteiger partial charge < -0.3 is 10.1 Å². The summed E-state index contributed by atoms with van der Waals surface area (Å²) in [5.74, 6) is -0.148. The van der Waals surface area contributed by atoms with E-state index in [2.05, 4.69) is 10.4 Å². The number of alkyl halides is 3. The molecule has 170 valence electrons. The maximum atomic E-state index is 12.8. The molecule has 0 radical (unpaired) electrons. The minimum atomic E-state index is -4.41. The Kier molecular flexibility index (Phi) is 6.55. The summed E-state index contributed by atoms with van der Waals surface area (Å²) in [4.78, 5) is 12.8. The van der Waals surface area contributed by atoms with Gasteiger partial charge in [0, 0.05) is 16.6 Å². The predicted molar refractivity (Wildman–Crippen MR) is 121 cm³/mol. The van der Waals surface area contributed by atoms with Crippen LogP contribution in [0.25, 0.3) is 0 Å². The molecule has 1 aliphatic heterocycles. The first kappa shape index (κ1) is 22.7. The highest BCUT2D eigenvalue weighted by atomic mass is 35.5. The number of hydrazone groups is 1. The third-order valence-corrected chi connectivity index (χ3v) is 5.25. The Hall–Kier alpha value is -3.52. The molecule has 5 nitrogen and oxygen atoms in total. The molecule has 33 heavy (non-hydrogen) atoms. The third-order valence-electron chi connectivity index (χ3n) is 5.00. The molecular formula is C24H19ClF3N3O2. The maximum Gasteiger partial charge on any atom is 0.422 e. The lowest BCUT2D eigenvalue weighted by atomic mass is 9.90. The van der Waals surface area contributed by atoms with Crippen LogP contribution in [-0.2, 0) is 0 Å². The molecule has 0 bridgehead atoms. The summed E-state index contributed by atoms with van der Waals surface area (Å²) in [5, 5.41) is 9.24. The minimum Gasteiger partial charge on any atom is -0.484 e. The van der Waals surface area contributed by atoms with Crippen molar-refractivity contribution in [1.82, 2.24) is 5.01 Å². The van der Waals surface area contributed by atoms with Crippen LogP contribution in [0.2, 0.25) is 5.02 Å². The van der Waals surface area contributed by atoms with Gasteiger partial charge in [-0.3, -0.25) is 0 Å². The monoisotopic (exact) mass is 473 g/mol. The van der Waals surface area contributed by atoms with Crippen LogP contribution >= 0.6 is 11.6 Å². The smallest absolute Gasteiger partial charge is 0.422 e. The van der Waals surface area contributed by atoms with Crippen molar-refractivity contribution in [1.29, 1.82) is 0 Å². The second-order valence-corrected chi connectivity index (χ2v) is 7.83. The van der Waals surface area contributed by atoms with Gasteiger partial charge in [-0.15, -0.1) is 0 Å². The quantitative estimate of drug-likeness (QED) is 0.471. The number of nitrogens with zero attached hydrogens (tertiary/aromatic N) is 2. The van der Waals surface area contributed by atoms with E-state index in [-0.39, 0.29) is 18.2 Å². The highest BCUT2D eigenvalue weighted by Crippen LogP contribution is 2.31. The van der Waals surface area contributed by atoms with E-state index in [0.29, 0.717) is 16.4 Å². The molecule has 9 heteroatoms. The van der Waals surface area contributed by atoms with E-state index in [0.717, 1.165) is 11.1 Å². The zero-order valence-electron chi connectivity index (χ0n) is 17.2. The summed E-state index contributed by atoms with van der Waals surface area (Å²) in [7, 11) is 0. The zero-order chi connectivity index (χ0) is 23.4. The molecule has 0 fully saturated rings. The van der Waals surface area contributed by atoms with Crippen molar-refractivity contribution in [2.75, 3.05) is 18.5 Å². The molecule has 0 aliphatic carbocycles. The van der Waals surface area contributed by atoms with Gasteiger partial charge in [0.2, 0.25) is 0 Å². The number of urea groups is 1. The van der Waals surface area contributed by atoms with Gasteiger partial charge in [-0.2, -0.15) is 18.3 Å². The highest BCUT2D eigenvalue weighted by molar-refractivity contribution is 6.30. The van der Waals surface area contributed by atoms with Gasteiger partial charge in [-0.25, -0.2) is 9.80 Å². The topological polar surface area (TPSA) is 53.9 Å². The number of ether oxygens (including phenoxy) is 1. The Balaban J connectivity index is 1.55. The Labute approximate surface area is 193 Å². The predicted octanol–water partition coefficient (Wildman–Crippen LogP) is 6.32. The van der Waals surface area contributed by atoms with Crippen LogP contribution in [0.4, 0.5) is 23.7 Å². The van der Waals surface area contributed by atoms with Crippen LogP contribution < -0.4 is 10.1 Å². The van der Waals surface area contributed by atoms with Gasteiger partial charge >= 0.3 is 12.2 Å². The molecule has 0 saturated heterocycles. The van der Waals surface area contributed by atoms with E-state index >= 15 is 0 Å². The molecule has 2 amide bonds. The van der Waals surface area contributed by atoms with Crippen LogP contribution in [0.5, 0.6) is 5.75 Å². The number of halogens is 4. The molecule has 1 unspecified atom stereocenters. The number of nitrogens with one attached hydrogen (secondary N) is 1. The molecule has 1 aliphatic rings. The van der Waals surface area contributed by atoms with Gasteiger partial charge in [-0.05, 0) is 47.5 Å². The van der Waals surface area contributed by atoms with E-state index in [1.165, 1.54) is 17.1 Å². The molecule has 0 aromatic heterocycles. The zero-order valence-corrected chi connectivity index (χ0v) is 18.0. The van der Waals surface area contributed by atoms with Crippen molar-refractivity contribution in [3.8, 4) is 5.75 Å². The van der Waals surface area contributed by atoms with Crippen molar-refractivity contribution in [2.24, 2.45) is 5.10 Å². The first-order chi connectivity index (χ1) is 15.8. The molecule has 1 heterocycles. The molecule has 0 saturated carbocycles. The Morgan fingerprint density at radius 3 is 2.33 bits per heavy atom. The Bertz CT molecular complexity index is 1130. The second kappa shape index (κ2) is 9.54. The van der Waals surface area contributed by atoms with Crippen LogP contribution in [0.15, 0.2) is 84.0 Å². The number of amides is 2. The normalized spacial score (nSPS) is 15.8. The Morgan fingerprint density at radius 1 is 1.03 bits per heavy atom. The minimum absolute atomic E-state index is 0.115. The fraction of sp³-hybridized carbons (Fsp3) is 0.167. The average Bonchev–Trinajstić information content (AvgIpc) is 3.25. The second-order valence-electron chi connectivity index (χ2n) is 7.40. The van der Waals surface area contributed by atoms with Gasteiger partial charge in [0.15, 0.2) is 6.61 Å². The number of anilines is 1. The van der Waals surface area contributed by atoms with Crippen LogP contribution in [0, 0.1) is 0 Å². The van der Waals surface area contributed by atoms with Crippen molar-refractivity contribution < 1.29 is 22.7 Å². The summed E-state index contributed by atoms with van der Waals surface area (Å²) in [6, 6.07) is 22.1. The lowest BCUT2D eigenvalue weighted by molar-refractivity contribution is -0.153. The standard InChI is InChI=1S/C24H19ClF3N3O2/c25-18-8-10-19(11-9-18)29-23(32)31-14-21(22(30-31)17-4-2-1-3-5-17)16-6-12-20(13-7-16)33-15-24(26,27)28/h1-13,21H,14-15H2,(H,29,32). The van der Waals surface area contributed by atoms with Gasteiger partial charge in [-0.1, -0.05) is 54.1 Å². The lowest BCUT2D eigenvalue weighted by Gasteiger charge is -2.16. The fourth-order valence-electron chi connectivity index (χ4n) is 3.44. The lowest BCUT2D eigenvalue weighted by Crippen LogP contribution is -2.30. The highest BCUT2D eigenvalue weighted by Gasteiger charge is 2.33. The van der Waals surface area contributed by atoms with E-state index in [4.69, 9.17) is 16.3 Å². The molecule has 4 rings (SSSR count). The third kappa shape index (κ3) is 5.84. The Morgan fingerprint density at radius 2 is 1.70 bits per heavy atom. The van der Waals surface area contributed by atoms with E-state index in [1.807, 2.05) is 30.3 Å². The van der Waals surface area contributed by atoms with E-state index < -0.39 is 18.8 Å². The summed E-state index contributed by atoms with van der Waals surface area (Å²) >= 11 is 5.89. The summed E-state index contributed by atoms with van der Waals surface area (Å²) in [6.07, 6.45) is -4.41. The van der Waals surface area contributed by atoms with Gasteiger partial charge in [0.05, 0.1) is 12.3 Å². The van der Waals surface area contributed by atoms with Crippen LogP contribution in [-0.4, -0.2) is 36.1 Å². The van der Waals surface area contributed by atoms with E-state index in [1.54, 1.807) is 36.4 Å². The van der Waals surface area contributed by atoms with Crippen molar-refractivity contribution in [3.05, 3.63) is 95.0 Å². The van der Waals surface area contributed by atoms with Crippen molar-refractivity contribution >= 4 is 29.0 Å². The number of hydrogen-bond donors (Lipinski definition) is 1. The molecule has 3 aromatic carbocycles. The average molecular weight is 474 g/mol. The van der Waals surface area contributed by atoms with Crippen LogP contribution in [0.3, 0.4) is 0 Å². The first-order valence-electron chi connectivity index (χ1n) is 10.1.